The third-order valence-electron chi connectivity index (χ3n) is 2.89. The number of amides is 2. The van der Waals surface area contributed by atoms with Crippen molar-refractivity contribution in [3.05, 3.63) is 0 Å². The average molecular weight is 292 g/mol. The summed E-state index contributed by atoms with van der Waals surface area (Å²) in [6, 6.07) is -1.50. The summed E-state index contributed by atoms with van der Waals surface area (Å²) in [6.07, 6.45) is 0.672. The SMILES string of the molecule is NC(=O)C[C@H](NC(=O)C1CCCCS1(=O)=O)C(=O)O. The number of primary amides is 1. The Morgan fingerprint density at radius 1 is 1.32 bits per heavy atom. The zero-order chi connectivity index (χ0) is 14.6. The molecule has 19 heavy (non-hydrogen) atoms. The van der Waals surface area contributed by atoms with E-state index in [9.17, 15) is 22.8 Å². The summed E-state index contributed by atoms with van der Waals surface area (Å²) in [5, 5.41) is 9.64. The van der Waals surface area contributed by atoms with Gasteiger partial charge in [-0.25, -0.2) is 13.2 Å². The maximum absolute atomic E-state index is 11.8. The number of sulfone groups is 1. The lowest BCUT2D eigenvalue weighted by molar-refractivity contribution is -0.143. The first-order valence-corrected chi connectivity index (χ1v) is 7.48. The molecule has 0 spiro atoms. The molecule has 2 atom stereocenters. The minimum absolute atomic E-state index is 0.0847. The highest BCUT2D eigenvalue weighted by atomic mass is 32.2. The van der Waals surface area contributed by atoms with Gasteiger partial charge in [0.05, 0.1) is 12.2 Å². The molecule has 0 radical (unpaired) electrons. The number of nitrogens with two attached hydrogens (primary N) is 1. The number of carbonyl (C=O) groups is 3. The average Bonchev–Trinajstić information content (AvgIpc) is 2.26. The minimum Gasteiger partial charge on any atom is -0.480 e. The van der Waals surface area contributed by atoms with Crippen LogP contribution in [0.2, 0.25) is 0 Å². The van der Waals surface area contributed by atoms with Gasteiger partial charge in [0.25, 0.3) is 0 Å². The van der Waals surface area contributed by atoms with Gasteiger partial charge in [0.15, 0.2) is 9.84 Å². The molecular formula is C10H16N2O6S. The van der Waals surface area contributed by atoms with E-state index in [2.05, 4.69) is 5.32 Å². The Kier molecular flexibility index (Phi) is 4.87. The Morgan fingerprint density at radius 3 is 2.42 bits per heavy atom. The smallest absolute Gasteiger partial charge is 0.326 e. The van der Waals surface area contributed by atoms with Crippen molar-refractivity contribution in [2.45, 2.75) is 37.0 Å². The monoisotopic (exact) mass is 292 g/mol. The van der Waals surface area contributed by atoms with Crippen LogP contribution in [0.3, 0.4) is 0 Å². The second-order valence-corrected chi connectivity index (χ2v) is 6.72. The van der Waals surface area contributed by atoms with Gasteiger partial charge in [0.2, 0.25) is 11.8 Å². The molecule has 9 heteroatoms. The van der Waals surface area contributed by atoms with Crippen molar-refractivity contribution >= 4 is 27.6 Å². The van der Waals surface area contributed by atoms with Gasteiger partial charge in [-0.2, -0.15) is 0 Å². The molecule has 1 saturated heterocycles. The molecule has 108 valence electrons. The van der Waals surface area contributed by atoms with Gasteiger partial charge in [-0.05, 0) is 12.8 Å². The lowest BCUT2D eigenvalue weighted by Gasteiger charge is -2.23. The van der Waals surface area contributed by atoms with E-state index in [0.29, 0.717) is 12.8 Å². The van der Waals surface area contributed by atoms with Crippen molar-refractivity contribution in [2.24, 2.45) is 5.73 Å². The molecule has 4 N–H and O–H groups in total. The van der Waals surface area contributed by atoms with Gasteiger partial charge in [0.1, 0.15) is 11.3 Å². The Morgan fingerprint density at radius 2 is 1.95 bits per heavy atom. The van der Waals surface area contributed by atoms with Gasteiger partial charge in [-0.15, -0.1) is 0 Å². The summed E-state index contributed by atoms with van der Waals surface area (Å²) in [7, 11) is -3.54. The molecule has 1 heterocycles. The minimum atomic E-state index is -3.54. The second-order valence-electron chi connectivity index (χ2n) is 4.42. The van der Waals surface area contributed by atoms with Crippen LogP contribution >= 0.6 is 0 Å². The summed E-state index contributed by atoms with van der Waals surface area (Å²) in [6.45, 7) is 0. The quantitative estimate of drug-likeness (QED) is 0.556. The van der Waals surface area contributed by atoms with Crippen LogP contribution in [0.1, 0.15) is 25.7 Å². The van der Waals surface area contributed by atoms with E-state index in [1.807, 2.05) is 0 Å². The van der Waals surface area contributed by atoms with Crippen LogP contribution < -0.4 is 11.1 Å². The fraction of sp³-hybridized carbons (Fsp3) is 0.700. The molecule has 0 saturated carbocycles. The van der Waals surface area contributed by atoms with Gasteiger partial charge in [-0.1, -0.05) is 6.42 Å². The lowest BCUT2D eigenvalue weighted by atomic mass is 10.1. The zero-order valence-electron chi connectivity index (χ0n) is 10.2. The number of aliphatic carboxylic acids is 1. The zero-order valence-corrected chi connectivity index (χ0v) is 11.0. The fourth-order valence-electron chi connectivity index (χ4n) is 1.91. The molecule has 1 fully saturated rings. The van der Waals surface area contributed by atoms with Crippen LogP contribution in [0.15, 0.2) is 0 Å². The lowest BCUT2D eigenvalue weighted by Crippen LogP contribution is -2.50. The van der Waals surface area contributed by atoms with Crippen LogP contribution in [0.4, 0.5) is 0 Å². The number of hydrogen-bond acceptors (Lipinski definition) is 5. The van der Waals surface area contributed by atoms with Gasteiger partial charge < -0.3 is 16.2 Å². The van der Waals surface area contributed by atoms with E-state index < -0.39 is 45.3 Å². The van der Waals surface area contributed by atoms with Gasteiger partial charge in [0, 0.05) is 0 Å². The van der Waals surface area contributed by atoms with Crippen molar-refractivity contribution in [3.63, 3.8) is 0 Å². The van der Waals surface area contributed by atoms with Crippen LogP contribution in [-0.2, 0) is 24.2 Å². The first-order valence-electron chi connectivity index (χ1n) is 5.77. The van der Waals surface area contributed by atoms with Crippen molar-refractivity contribution < 1.29 is 27.9 Å². The molecule has 0 aliphatic carbocycles. The highest BCUT2D eigenvalue weighted by molar-refractivity contribution is 7.92. The Balaban J connectivity index is 2.76. The highest BCUT2D eigenvalue weighted by Gasteiger charge is 2.36. The normalized spacial score (nSPS) is 23.3. The molecule has 1 aliphatic heterocycles. The summed E-state index contributed by atoms with van der Waals surface area (Å²) >= 11 is 0. The van der Waals surface area contributed by atoms with Crippen molar-refractivity contribution in [3.8, 4) is 0 Å². The van der Waals surface area contributed by atoms with E-state index >= 15 is 0 Å². The van der Waals surface area contributed by atoms with E-state index in [1.54, 1.807) is 0 Å². The third-order valence-corrected chi connectivity index (χ3v) is 5.07. The standard InChI is InChI=1S/C10H16N2O6S/c11-8(13)5-6(10(15)16)12-9(14)7-3-1-2-4-19(7,17)18/h6-7H,1-5H2,(H2,11,13)(H,12,14)(H,15,16)/t6-,7?/m0/s1. The van der Waals surface area contributed by atoms with Crippen molar-refractivity contribution in [1.29, 1.82) is 0 Å². The maximum atomic E-state index is 11.8. The number of rotatable bonds is 5. The molecule has 8 nitrogen and oxygen atoms in total. The molecule has 1 aliphatic rings. The van der Waals surface area contributed by atoms with E-state index in [1.165, 1.54) is 0 Å². The first-order chi connectivity index (χ1) is 8.74. The van der Waals surface area contributed by atoms with E-state index in [-0.39, 0.29) is 12.2 Å². The van der Waals surface area contributed by atoms with Crippen LogP contribution in [0, 0.1) is 0 Å². The highest BCUT2D eigenvalue weighted by Crippen LogP contribution is 2.19. The summed E-state index contributed by atoms with van der Waals surface area (Å²) in [5.74, 6) is -3.29. The summed E-state index contributed by atoms with van der Waals surface area (Å²) < 4.78 is 23.4. The van der Waals surface area contributed by atoms with Crippen LogP contribution in [0.5, 0.6) is 0 Å². The third kappa shape index (κ3) is 4.19. The van der Waals surface area contributed by atoms with Gasteiger partial charge in [-0.3, -0.25) is 9.59 Å². The molecule has 0 aromatic carbocycles. The molecule has 2 amide bonds. The largest absolute Gasteiger partial charge is 0.480 e. The number of carboxylic acid groups (broad SMARTS) is 1. The van der Waals surface area contributed by atoms with E-state index in [0.717, 1.165) is 0 Å². The number of nitrogens with one attached hydrogen (secondary N) is 1. The molecule has 1 rings (SSSR count). The Bertz CT molecular complexity index is 486. The topological polar surface area (TPSA) is 144 Å². The number of carboxylic acids is 1. The number of carbonyl (C=O) groups excluding carboxylic acids is 2. The predicted molar refractivity (Wildman–Crippen MR) is 64.8 cm³/mol. The second kappa shape index (κ2) is 6.00. The summed E-state index contributed by atoms with van der Waals surface area (Å²) in [4.78, 5) is 33.3. The number of hydrogen-bond donors (Lipinski definition) is 3. The molecule has 0 aromatic heterocycles. The molecule has 1 unspecified atom stereocenters. The van der Waals surface area contributed by atoms with Crippen molar-refractivity contribution in [1.82, 2.24) is 5.32 Å². The predicted octanol–water partition coefficient (Wildman–Crippen LogP) is -1.60. The fourth-order valence-corrected chi connectivity index (χ4v) is 3.73. The van der Waals surface area contributed by atoms with Crippen LogP contribution in [0.25, 0.3) is 0 Å². The van der Waals surface area contributed by atoms with Crippen molar-refractivity contribution in [2.75, 3.05) is 5.75 Å². The summed E-state index contributed by atoms with van der Waals surface area (Å²) in [5.41, 5.74) is 4.87. The first kappa shape index (κ1) is 15.4. The Hall–Kier alpha value is -1.64. The van der Waals surface area contributed by atoms with Gasteiger partial charge >= 0.3 is 5.97 Å². The molecular weight excluding hydrogens is 276 g/mol. The molecule has 0 aromatic rings. The maximum Gasteiger partial charge on any atom is 0.326 e. The Labute approximate surface area is 110 Å². The van der Waals surface area contributed by atoms with Crippen LogP contribution in [-0.4, -0.2) is 48.4 Å². The molecule has 0 bridgehead atoms. The van der Waals surface area contributed by atoms with E-state index in [4.69, 9.17) is 10.8 Å².